The third-order valence-corrected chi connectivity index (χ3v) is 9.94. The zero-order valence-electron chi connectivity index (χ0n) is 15.8. The summed E-state index contributed by atoms with van der Waals surface area (Å²) in [6, 6.07) is 2.55. The van der Waals surface area contributed by atoms with Crippen LogP contribution in [0.2, 0.25) is 0 Å². The number of thiazole rings is 1. The summed E-state index contributed by atoms with van der Waals surface area (Å²) < 4.78 is 5.75. The Kier molecular flexibility index (Phi) is 3.75. The third kappa shape index (κ3) is 2.18. The van der Waals surface area contributed by atoms with Crippen molar-refractivity contribution in [3.05, 3.63) is 38.7 Å². The molecule has 2 saturated carbocycles. The number of thioether (sulfide) groups is 1. The van der Waals surface area contributed by atoms with Crippen molar-refractivity contribution >= 4 is 40.9 Å². The SMILES string of the molecule is CC(C(=O)O)N1C(=O)C2C3CC(C2C1=O)C1C(c2ccco2)c2sc(=O)[nH]c2SC31. The molecule has 156 valence electrons. The number of hydrogen-bond acceptors (Lipinski definition) is 7. The Balaban J connectivity index is 1.45. The largest absolute Gasteiger partial charge is 0.480 e. The number of H-pyrrole nitrogens is 1. The minimum absolute atomic E-state index is 0.0218. The summed E-state index contributed by atoms with van der Waals surface area (Å²) in [7, 11) is 0. The lowest BCUT2D eigenvalue weighted by Gasteiger charge is -2.42. The molecule has 10 heteroatoms. The third-order valence-electron chi connectivity index (χ3n) is 7.35. The maximum absolute atomic E-state index is 13.2. The quantitative estimate of drug-likeness (QED) is 0.692. The molecule has 4 aliphatic rings. The van der Waals surface area contributed by atoms with E-state index < -0.39 is 23.8 Å². The summed E-state index contributed by atoms with van der Waals surface area (Å²) in [5.74, 6) is -2.23. The minimum Gasteiger partial charge on any atom is -0.480 e. The van der Waals surface area contributed by atoms with E-state index in [0.717, 1.165) is 27.0 Å². The van der Waals surface area contributed by atoms with Crippen LogP contribution in [0.5, 0.6) is 0 Å². The monoisotopic (exact) mass is 446 g/mol. The van der Waals surface area contributed by atoms with E-state index in [-0.39, 0.29) is 45.6 Å². The molecule has 2 bridgehead atoms. The van der Waals surface area contributed by atoms with Crippen LogP contribution >= 0.6 is 23.1 Å². The molecule has 0 spiro atoms. The molecular formula is C20H18N2O6S2. The first kappa shape index (κ1) is 18.4. The van der Waals surface area contributed by atoms with Gasteiger partial charge in [-0.1, -0.05) is 11.3 Å². The average molecular weight is 447 g/mol. The maximum Gasteiger partial charge on any atom is 0.326 e. The molecule has 2 N–H and O–H groups in total. The van der Waals surface area contributed by atoms with Gasteiger partial charge in [-0.15, -0.1) is 11.8 Å². The molecule has 30 heavy (non-hydrogen) atoms. The minimum atomic E-state index is -1.18. The summed E-state index contributed by atoms with van der Waals surface area (Å²) >= 11 is 2.77. The van der Waals surface area contributed by atoms with E-state index in [1.54, 1.807) is 18.0 Å². The summed E-state index contributed by atoms with van der Waals surface area (Å²) in [5, 5.41) is 10.3. The molecule has 3 fully saturated rings. The Morgan fingerprint density at radius 2 is 2.00 bits per heavy atom. The van der Waals surface area contributed by atoms with Gasteiger partial charge >= 0.3 is 10.8 Å². The number of furan rings is 1. The Hall–Kier alpha value is -2.33. The fraction of sp³-hybridized carbons (Fsp3) is 0.500. The highest BCUT2D eigenvalue weighted by molar-refractivity contribution is 8.00. The number of likely N-dealkylation sites (tertiary alicyclic amines) is 1. The fourth-order valence-electron chi connectivity index (χ4n) is 6.32. The zero-order chi connectivity index (χ0) is 20.9. The number of nitrogens with one attached hydrogen (secondary N) is 1. The number of carbonyl (C=O) groups excluding carboxylic acids is 2. The van der Waals surface area contributed by atoms with Gasteiger partial charge in [-0.2, -0.15) is 0 Å². The molecule has 6 rings (SSSR count). The molecular weight excluding hydrogens is 428 g/mol. The number of carboxylic acids is 1. The van der Waals surface area contributed by atoms with E-state index in [2.05, 4.69) is 4.98 Å². The van der Waals surface area contributed by atoms with Gasteiger partial charge in [0.05, 0.1) is 33.9 Å². The van der Waals surface area contributed by atoms with Crippen LogP contribution in [0.15, 0.2) is 32.6 Å². The molecule has 8 unspecified atom stereocenters. The maximum atomic E-state index is 13.2. The smallest absolute Gasteiger partial charge is 0.326 e. The second-order valence-electron chi connectivity index (χ2n) is 8.54. The number of aliphatic carboxylic acids is 1. The van der Waals surface area contributed by atoms with Crippen LogP contribution in [0.25, 0.3) is 0 Å². The number of amides is 2. The Morgan fingerprint density at radius 1 is 1.27 bits per heavy atom. The van der Waals surface area contributed by atoms with Crippen molar-refractivity contribution in [3.63, 3.8) is 0 Å². The van der Waals surface area contributed by atoms with Gasteiger partial charge in [0.1, 0.15) is 11.8 Å². The highest BCUT2D eigenvalue weighted by Gasteiger charge is 2.70. The second kappa shape index (κ2) is 6.10. The van der Waals surface area contributed by atoms with Crippen LogP contribution in [0.4, 0.5) is 0 Å². The molecule has 1 saturated heterocycles. The van der Waals surface area contributed by atoms with E-state index in [9.17, 15) is 24.3 Å². The number of fused-ring (bicyclic) bond motifs is 9. The zero-order valence-corrected chi connectivity index (χ0v) is 17.4. The van der Waals surface area contributed by atoms with Crippen molar-refractivity contribution in [2.45, 2.75) is 35.6 Å². The molecule has 2 amide bonds. The van der Waals surface area contributed by atoms with Crippen LogP contribution in [0, 0.1) is 29.6 Å². The Morgan fingerprint density at radius 3 is 2.67 bits per heavy atom. The molecule has 2 aliphatic heterocycles. The van der Waals surface area contributed by atoms with Crippen LogP contribution < -0.4 is 4.87 Å². The molecule has 2 aromatic rings. The van der Waals surface area contributed by atoms with Gasteiger partial charge in [-0.25, -0.2) is 4.79 Å². The van der Waals surface area contributed by atoms with E-state index in [0.29, 0.717) is 0 Å². The van der Waals surface area contributed by atoms with Gasteiger partial charge in [0.25, 0.3) is 0 Å². The molecule has 0 radical (unpaired) electrons. The predicted octanol–water partition coefficient (Wildman–Crippen LogP) is 1.98. The van der Waals surface area contributed by atoms with Crippen molar-refractivity contribution in [1.82, 2.24) is 9.88 Å². The number of nitrogens with zero attached hydrogens (tertiary/aromatic N) is 1. The number of carbonyl (C=O) groups is 3. The first-order valence-corrected chi connectivity index (χ1v) is 11.6. The molecule has 0 aromatic carbocycles. The van der Waals surface area contributed by atoms with Crippen molar-refractivity contribution in [2.75, 3.05) is 0 Å². The van der Waals surface area contributed by atoms with E-state index in [4.69, 9.17) is 4.42 Å². The lowest BCUT2D eigenvalue weighted by atomic mass is 9.69. The molecule has 2 aromatic heterocycles. The standard InChI is InChI=1S/C20H18N2O6S2/c1-6(19(25)26)22-17(23)11-7-5-8(12(11)18(22)24)14-10(7)13(9-3-2-4-28-9)15-16(29-14)21-20(27)30-15/h2-4,6-8,10-14H,5H2,1H3,(H,21,27)(H,25,26). The van der Waals surface area contributed by atoms with Gasteiger partial charge in [0.2, 0.25) is 11.8 Å². The topological polar surface area (TPSA) is 121 Å². The number of imide groups is 1. The van der Waals surface area contributed by atoms with Crippen molar-refractivity contribution in [2.24, 2.45) is 29.6 Å². The average Bonchev–Trinajstić information content (AvgIpc) is 3.48. The number of carboxylic acid groups (broad SMARTS) is 1. The van der Waals surface area contributed by atoms with Crippen molar-refractivity contribution < 1.29 is 23.9 Å². The Bertz CT molecular complexity index is 1140. The lowest BCUT2D eigenvalue weighted by Crippen LogP contribution is -2.44. The molecule has 4 heterocycles. The molecule has 2 aliphatic carbocycles. The second-order valence-corrected chi connectivity index (χ2v) is 10.7. The van der Waals surface area contributed by atoms with Crippen LogP contribution in [0.1, 0.15) is 29.9 Å². The highest BCUT2D eigenvalue weighted by atomic mass is 32.2. The van der Waals surface area contributed by atoms with Gasteiger partial charge in [0, 0.05) is 5.25 Å². The van der Waals surface area contributed by atoms with Crippen molar-refractivity contribution in [3.8, 4) is 0 Å². The number of hydrogen-bond donors (Lipinski definition) is 2. The van der Waals surface area contributed by atoms with Gasteiger partial charge in [-0.3, -0.25) is 19.3 Å². The van der Waals surface area contributed by atoms with E-state index in [1.807, 2.05) is 12.1 Å². The first-order chi connectivity index (χ1) is 14.4. The molecule has 8 atom stereocenters. The summed E-state index contributed by atoms with van der Waals surface area (Å²) in [6.07, 6.45) is 2.37. The van der Waals surface area contributed by atoms with E-state index in [1.165, 1.54) is 18.3 Å². The summed E-state index contributed by atoms with van der Waals surface area (Å²) in [5.41, 5.74) is 0. The lowest BCUT2D eigenvalue weighted by molar-refractivity contribution is -0.154. The normalized spacial score (nSPS) is 37.2. The number of aromatic amines is 1. The van der Waals surface area contributed by atoms with E-state index >= 15 is 0 Å². The molecule has 8 nitrogen and oxygen atoms in total. The summed E-state index contributed by atoms with van der Waals surface area (Å²) in [6.45, 7) is 1.39. The van der Waals surface area contributed by atoms with Crippen molar-refractivity contribution in [1.29, 1.82) is 0 Å². The first-order valence-electron chi connectivity index (χ1n) is 9.91. The fourth-order valence-corrected chi connectivity index (χ4v) is 9.19. The van der Waals surface area contributed by atoms with Crippen LogP contribution in [0.3, 0.4) is 0 Å². The highest BCUT2D eigenvalue weighted by Crippen LogP contribution is 2.68. The van der Waals surface area contributed by atoms with Crippen LogP contribution in [-0.2, 0) is 14.4 Å². The predicted molar refractivity (Wildman–Crippen MR) is 106 cm³/mol. The van der Waals surface area contributed by atoms with Gasteiger partial charge in [-0.05, 0) is 43.2 Å². The number of aromatic nitrogens is 1. The van der Waals surface area contributed by atoms with Crippen LogP contribution in [-0.4, -0.2) is 44.1 Å². The summed E-state index contributed by atoms with van der Waals surface area (Å²) in [4.78, 5) is 54.6. The number of rotatable bonds is 3. The Labute approximate surface area is 178 Å². The van der Waals surface area contributed by atoms with Gasteiger partial charge < -0.3 is 14.5 Å². The van der Waals surface area contributed by atoms with Gasteiger partial charge in [0.15, 0.2) is 0 Å².